The van der Waals surface area contributed by atoms with Crippen molar-refractivity contribution in [3.63, 3.8) is 0 Å². The number of ether oxygens (including phenoxy) is 1. The minimum Gasteiger partial charge on any atom is -0.450 e. The zero-order valence-corrected chi connectivity index (χ0v) is 12.1. The minimum atomic E-state index is -0.610. The molecule has 2 nitrogen and oxygen atoms in total. The second kappa shape index (κ2) is 5.21. The molecule has 2 aromatic carbocycles. The van der Waals surface area contributed by atoms with E-state index in [-0.39, 0.29) is 5.97 Å². The Bertz CT molecular complexity index is 661. The van der Waals surface area contributed by atoms with Gasteiger partial charge in [-0.2, -0.15) is 0 Å². The standard InChI is InChI=1S/C19H18O2/c1-14(2)18(20)21-19(17-10-4-3-5-11-17)12-15-8-6-7-9-16(15)13-19/h3-11H,1,12-13H2,2H3. The lowest BCUT2D eigenvalue weighted by Gasteiger charge is -2.30. The molecule has 0 saturated heterocycles. The fraction of sp³-hybridized carbons (Fsp3) is 0.211. The average Bonchev–Trinajstić information content (AvgIpc) is 2.87. The van der Waals surface area contributed by atoms with Crippen LogP contribution in [0.4, 0.5) is 0 Å². The van der Waals surface area contributed by atoms with Crippen molar-refractivity contribution < 1.29 is 9.53 Å². The molecule has 0 radical (unpaired) electrons. The summed E-state index contributed by atoms with van der Waals surface area (Å²) in [5, 5.41) is 0. The maximum absolute atomic E-state index is 12.1. The van der Waals surface area contributed by atoms with Gasteiger partial charge in [0.05, 0.1) is 0 Å². The molecule has 0 spiro atoms. The summed E-state index contributed by atoms with van der Waals surface area (Å²) in [4.78, 5) is 12.1. The molecule has 21 heavy (non-hydrogen) atoms. The molecule has 0 fully saturated rings. The molecular weight excluding hydrogens is 260 g/mol. The van der Waals surface area contributed by atoms with E-state index in [0.29, 0.717) is 18.4 Å². The summed E-state index contributed by atoms with van der Waals surface area (Å²) in [6, 6.07) is 18.3. The quantitative estimate of drug-likeness (QED) is 0.630. The van der Waals surface area contributed by atoms with Crippen molar-refractivity contribution in [1.29, 1.82) is 0 Å². The molecule has 0 unspecified atom stereocenters. The van der Waals surface area contributed by atoms with Crippen LogP contribution in [0.2, 0.25) is 0 Å². The summed E-state index contributed by atoms with van der Waals surface area (Å²) in [6.07, 6.45) is 1.43. The van der Waals surface area contributed by atoms with Gasteiger partial charge in [0.25, 0.3) is 0 Å². The molecule has 0 N–H and O–H groups in total. The number of rotatable bonds is 3. The molecule has 2 aromatic rings. The van der Waals surface area contributed by atoms with Crippen LogP contribution in [0.3, 0.4) is 0 Å². The number of carbonyl (C=O) groups is 1. The lowest BCUT2D eigenvalue weighted by molar-refractivity contribution is -0.155. The second-order valence-electron chi connectivity index (χ2n) is 5.65. The molecule has 0 aromatic heterocycles. The van der Waals surface area contributed by atoms with Crippen LogP contribution in [0, 0.1) is 0 Å². The van der Waals surface area contributed by atoms with Gasteiger partial charge >= 0.3 is 5.97 Å². The first kappa shape index (κ1) is 13.6. The van der Waals surface area contributed by atoms with Gasteiger partial charge in [0, 0.05) is 18.4 Å². The summed E-state index contributed by atoms with van der Waals surface area (Å²) in [5.41, 5.74) is 3.35. The van der Waals surface area contributed by atoms with Crippen molar-refractivity contribution in [3.8, 4) is 0 Å². The summed E-state index contributed by atoms with van der Waals surface area (Å²) in [6.45, 7) is 5.38. The van der Waals surface area contributed by atoms with Crippen LogP contribution in [0.25, 0.3) is 0 Å². The topological polar surface area (TPSA) is 26.3 Å². The Morgan fingerprint density at radius 3 is 2.05 bits per heavy atom. The fourth-order valence-corrected chi connectivity index (χ4v) is 2.92. The van der Waals surface area contributed by atoms with Crippen molar-refractivity contribution in [2.45, 2.75) is 25.4 Å². The third-order valence-corrected chi connectivity index (χ3v) is 4.01. The lowest BCUT2D eigenvalue weighted by Crippen LogP contribution is -2.33. The van der Waals surface area contributed by atoms with Gasteiger partial charge in [0.1, 0.15) is 5.60 Å². The maximum Gasteiger partial charge on any atom is 0.334 e. The van der Waals surface area contributed by atoms with E-state index in [1.807, 2.05) is 42.5 Å². The third kappa shape index (κ3) is 2.49. The minimum absolute atomic E-state index is 0.327. The van der Waals surface area contributed by atoms with E-state index < -0.39 is 5.60 Å². The molecule has 0 heterocycles. The van der Waals surface area contributed by atoms with Crippen LogP contribution in [-0.4, -0.2) is 5.97 Å². The zero-order chi connectivity index (χ0) is 14.9. The number of carbonyl (C=O) groups excluding carboxylic acids is 1. The smallest absolute Gasteiger partial charge is 0.334 e. The monoisotopic (exact) mass is 278 g/mol. The van der Waals surface area contributed by atoms with E-state index >= 15 is 0 Å². The molecule has 0 atom stereocenters. The Hall–Kier alpha value is -2.35. The lowest BCUT2D eigenvalue weighted by atomic mass is 9.90. The van der Waals surface area contributed by atoms with Crippen molar-refractivity contribution in [3.05, 3.63) is 83.4 Å². The van der Waals surface area contributed by atoms with Gasteiger partial charge in [-0.05, 0) is 23.6 Å². The fourth-order valence-electron chi connectivity index (χ4n) is 2.92. The Labute approximate surface area is 125 Å². The SMILES string of the molecule is C=C(C)C(=O)OC1(c2ccccc2)Cc2ccccc2C1. The highest BCUT2D eigenvalue weighted by Crippen LogP contribution is 2.41. The molecule has 0 aliphatic heterocycles. The van der Waals surface area contributed by atoms with E-state index in [0.717, 1.165) is 5.56 Å². The van der Waals surface area contributed by atoms with Crippen LogP contribution < -0.4 is 0 Å². The van der Waals surface area contributed by atoms with E-state index in [2.05, 4.69) is 18.7 Å². The first-order valence-corrected chi connectivity index (χ1v) is 7.12. The van der Waals surface area contributed by atoms with Crippen molar-refractivity contribution in [1.82, 2.24) is 0 Å². The summed E-state index contributed by atoms with van der Waals surface area (Å²) in [5.74, 6) is -0.327. The molecule has 2 heteroatoms. The highest BCUT2D eigenvalue weighted by Gasteiger charge is 2.42. The van der Waals surface area contributed by atoms with Gasteiger partial charge in [-0.25, -0.2) is 4.79 Å². The summed E-state index contributed by atoms with van der Waals surface area (Å²) in [7, 11) is 0. The molecule has 0 amide bonds. The Kier molecular flexibility index (Phi) is 3.38. The van der Waals surface area contributed by atoms with Crippen molar-refractivity contribution in [2.75, 3.05) is 0 Å². The van der Waals surface area contributed by atoms with Crippen molar-refractivity contribution >= 4 is 5.97 Å². The summed E-state index contributed by atoms with van der Waals surface area (Å²) < 4.78 is 5.89. The molecule has 0 bridgehead atoms. The van der Waals surface area contributed by atoms with Gasteiger partial charge in [-0.1, -0.05) is 61.2 Å². The summed E-state index contributed by atoms with van der Waals surface area (Å²) >= 11 is 0. The van der Waals surface area contributed by atoms with Crippen LogP contribution in [0.15, 0.2) is 66.7 Å². The molecule has 0 saturated carbocycles. The predicted molar refractivity (Wildman–Crippen MR) is 82.9 cm³/mol. The van der Waals surface area contributed by atoms with Crippen LogP contribution in [-0.2, 0) is 28.0 Å². The zero-order valence-electron chi connectivity index (χ0n) is 12.1. The van der Waals surface area contributed by atoms with Crippen LogP contribution in [0.1, 0.15) is 23.6 Å². The highest BCUT2D eigenvalue weighted by molar-refractivity contribution is 5.87. The third-order valence-electron chi connectivity index (χ3n) is 4.01. The number of benzene rings is 2. The molecule has 106 valence electrons. The van der Waals surface area contributed by atoms with E-state index in [1.165, 1.54) is 11.1 Å². The number of esters is 1. The van der Waals surface area contributed by atoms with Gasteiger partial charge in [-0.15, -0.1) is 0 Å². The number of hydrogen-bond donors (Lipinski definition) is 0. The van der Waals surface area contributed by atoms with Crippen LogP contribution in [0.5, 0.6) is 0 Å². The molecule has 1 aliphatic carbocycles. The molecule has 3 rings (SSSR count). The van der Waals surface area contributed by atoms with Crippen molar-refractivity contribution in [2.24, 2.45) is 0 Å². The Morgan fingerprint density at radius 2 is 1.52 bits per heavy atom. The van der Waals surface area contributed by atoms with E-state index in [4.69, 9.17) is 4.74 Å². The Balaban J connectivity index is 2.02. The largest absolute Gasteiger partial charge is 0.450 e. The maximum atomic E-state index is 12.1. The Morgan fingerprint density at radius 1 is 1.00 bits per heavy atom. The number of fused-ring (bicyclic) bond motifs is 1. The van der Waals surface area contributed by atoms with Gasteiger partial charge < -0.3 is 4.74 Å². The first-order chi connectivity index (χ1) is 10.1. The van der Waals surface area contributed by atoms with Gasteiger partial charge in [-0.3, -0.25) is 0 Å². The van der Waals surface area contributed by atoms with Crippen LogP contribution >= 0.6 is 0 Å². The highest BCUT2D eigenvalue weighted by atomic mass is 16.6. The van der Waals surface area contributed by atoms with E-state index in [1.54, 1.807) is 6.92 Å². The molecular formula is C19H18O2. The number of hydrogen-bond acceptors (Lipinski definition) is 2. The average molecular weight is 278 g/mol. The normalized spacial score (nSPS) is 15.3. The first-order valence-electron chi connectivity index (χ1n) is 7.12. The predicted octanol–water partition coefficient (Wildman–Crippen LogP) is 3.80. The molecule has 1 aliphatic rings. The van der Waals surface area contributed by atoms with Gasteiger partial charge in [0.15, 0.2) is 0 Å². The second-order valence-corrected chi connectivity index (χ2v) is 5.65. The van der Waals surface area contributed by atoms with Gasteiger partial charge in [0.2, 0.25) is 0 Å². The van der Waals surface area contributed by atoms with E-state index in [9.17, 15) is 4.79 Å².